The summed E-state index contributed by atoms with van der Waals surface area (Å²) in [5.74, 6) is 0.683. The fourth-order valence-corrected chi connectivity index (χ4v) is 1.71. The normalized spacial score (nSPS) is 10.3. The minimum atomic E-state index is 0.187. The number of aromatic nitrogens is 2. The second-order valence-electron chi connectivity index (χ2n) is 4.14. The second-order valence-corrected chi connectivity index (χ2v) is 4.14. The van der Waals surface area contributed by atoms with Gasteiger partial charge in [-0.15, -0.1) is 0 Å². The molecule has 0 radical (unpaired) electrons. The Morgan fingerprint density at radius 2 is 1.72 bits per heavy atom. The maximum Gasteiger partial charge on any atom is 0.225 e. The van der Waals surface area contributed by atoms with Crippen LogP contribution in [0, 0.1) is 0 Å². The van der Waals surface area contributed by atoms with Crippen molar-refractivity contribution in [3.8, 4) is 11.1 Å². The van der Waals surface area contributed by atoms with Crippen molar-refractivity contribution in [2.75, 3.05) is 25.1 Å². The summed E-state index contributed by atoms with van der Waals surface area (Å²) in [7, 11) is 1.92. The summed E-state index contributed by atoms with van der Waals surface area (Å²) in [6.07, 6.45) is 4.38. The van der Waals surface area contributed by atoms with Gasteiger partial charge in [0.05, 0.1) is 0 Å². The Bertz CT molecular complexity index is 470. The van der Waals surface area contributed by atoms with Crippen molar-refractivity contribution in [3.63, 3.8) is 0 Å². The van der Waals surface area contributed by atoms with E-state index in [9.17, 15) is 0 Å². The fraction of sp³-hybridized carbons (Fsp3) is 0.286. The standard InChI is InChI=1S/C14H17N3O/c1-17(8-5-9-18)14-15-10-13(11-16-14)12-6-3-2-4-7-12/h2-4,6-7,10-11,18H,5,8-9H2,1H3. The molecule has 0 amide bonds. The number of rotatable bonds is 5. The minimum Gasteiger partial charge on any atom is -0.396 e. The number of aliphatic hydroxyl groups excluding tert-OH is 1. The first-order valence-corrected chi connectivity index (χ1v) is 6.00. The summed E-state index contributed by atoms with van der Waals surface area (Å²) in [4.78, 5) is 10.6. The van der Waals surface area contributed by atoms with Gasteiger partial charge in [0.2, 0.25) is 5.95 Å². The van der Waals surface area contributed by atoms with Crippen LogP contribution in [0.4, 0.5) is 5.95 Å². The maximum atomic E-state index is 8.79. The van der Waals surface area contributed by atoms with Crippen molar-refractivity contribution in [1.29, 1.82) is 0 Å². The molecule has 0 spiro atoms. The molecule has 1 N–H and O–H groups in total. The van der Waals surface area contributed by atoms with Crippen molar-refractivity contribution < 1.29 is 5.11 Å². The lowest BCUT2D eigenvalue weighted by atomic mass is 10.1. The molecule has 1 heterocycles. The van der Waals surface area contributed by atoms with E-state index in [1.54, 1.807) is 0 Å². The molecule has 4 heteroatoms. The Morgan fingerprint density at radius 3 is 2.33 bits per heavy atom. The van der Waals surface area contributed by atoms with Crippen LogP contribution >= 0.6 is 0 Å². The first-order chi connectivity index (χ1) is 8.81. The zero-order chi connectivity index (χ0) is 12.8. The van der Waals surface area contributed by atoms with Crippen molar-refractivity contribution in [2.24, 2.45) is 0 Å². The average Bonchev–Trinajstić information content (AvgIpc) is 2.46. The second kappa shape index (κ2) is 6.12. The molecule has 0 bridgehead atoms. The first kappa shape index (κ1) is 12.5. The van der Waals surface area contributed by atoms with Gasteiger partial charge in [-0.2, -0.15) is 0 Å². The van der Waals surface area contributed by atoms with Crippen molar-refractivity contribution in [3.05, 3.63) is 42.7 Å². The van der Waals surface area contributed by atoms with E-state index in [1.807, 2.05) is 54.7 Å². The Balaban J connectivity index is 2.10. The third-order valence-corrected chi connectivity index (χ3v) is 2.74. The van der Waals surface area contributed by atoms with E-state index in [-0.39, 0.29) is 6.61 Å². The van der Waals surface area contributed by atoms with Crippen LogP contribution in [-0.2, 0) is 0 Å². The molecular formula is C14H17N3O. The smallest absolute Gasteiger partial charge is 0.225 e. The van der Waals surface area contributed by atoms with Gasteiger partial charge in [-0.25, -0.2) is 9.97 Å². The molecule has 18 heavy (non-hydrogen) atoms. The highest BCUT2D eigenvalue weighted by Gasteiger charge is 2.04. The SMILES string of the molecule is CN(CCCO)c1ncc(-c2ccccc2)cn1. The molecule has 1 aromatic heterocycles. The largest absolute Gasteiger partial charge is 0.396 e. The zero-order valence-corrected chi connectivity index (χ0v) is 10.5. The van der Waals surface area contributed by atoms with Crippen LogP contribution in [0.15, 0.2) is 42.7 Å². The third-order valence-electron chi connectivity index (χ3n) is 2.74. The van der Waals surface area contributed by atoms with E-state index >= 15 is 0 Å². The number of benzene rings is 1. The molecule has 0 aliphatic rings. The van der Waals surface area contributed by atoms with Crippen LogP contribution in [0.5, 0.6) is 0 Å². The molecule has 94 valence electrons. The van der Waals surface area contributed by atoms with Gasteiger partial charge in [-0.3, -0.25) is 0 Å². The van der Waals surface area contributed by atoms with Crippen LogP contribution in [0.2, 0.25) is 0 Å². The topological polar surface area (TPSA) is 49.2 Å². The molecule has 2 aromatic rings. The Hall–Kier alpha value is -1.94. The van der Waals surface area contributed by atoms with Gasteiger partial charge in [-0.1, -0.05) is 30.3 Å². The van der Waals surface area contributed by atoms with Gasteiger partial charge >= 0.3 is 0 Å². The van der Waals surface area contributed by atoms with Gasteiger partial charge in [0.1, 0.15) is 0 Å². The number of anilines is 1. The molecular weight excluding hydrogens is 226 g/mol. The molecule has 0 unspecified atom stereocenters. The van der Waals surface area contributed by atoms with Crippen LogP contribution in [-0.4, -0.2) is 35.3 Å². The zero-order valence-electron chi connectivity index (χ0n) is 10.5. The quantitative estimate of drug-likeness (QED) is 0.872. The molecule has 1 aromatic carbocycles. The van der Waals surface area contributed by atoms with E-state index in [2.05, 4.69) is 9.97 Å². The van der Waals surface area contributed by atoms with Gasteiger partial charge in [-0.05, 0) is 12.0 Å². The predicted molar refractivity (Wildman–Crippen MR) is 72.4 cm³/mol. The summed E-state index contributed by atoms with van der Waals surface area (Å²) in [6.45, 7) is 0.938. The fourth-order valence-electron chi connectivity index (χ4n) is 1.71. The molecule has 0 aliphatic carbocycles. The van der Waals surface area contributed by atoms with Crippen LogP contribution in [0.3, 0.4) is 0 Å². The lowest BCUT2D eigenvalue weighted by molar-refractivity contribution is 0.290. The van der Waals surface area contributed by atoms with E-state index in [1.165, 1.54) is 0 Å². The summed E-state index contributed by atoms with van der Waals surface area (Å²) in [5, 5.41) is 8.79. The highest BCUT2D eigenvalue weighted by Crippen LogP contribution is 2.17. The lowest BCUT2D eigenvalue weighted by Crippen LogP contribution is -2.21. The van der Waals surface area contributed by atoms with Crippen molar-refractivity contribution >= 4 is 5.95 Å². The number of hydrogen-bond acceptors (Lipinski definition) is 4. The minimum absolute atomic E-state index is 0.187. The highest BCUT2D eigenvalue weighted by atomic mass is 16.3. The Labute approximate surface area is 107 Å². The van der Waals surface area contributed by atoms with Gasteiger partial charge in [0, 0.05) is 38.2 Å². The molecule has 0 fully saturated rings. The van der Waals surface area contributed by atoms with Crippen LogP contribution in [0.25, 0.3) is 11.1 Å². The van der Waals surface area contributed by atoms with Gasteiger partial charge < -0.3 is 10.0 Å². The van der Waals surface area contributed by atoms with Crippen molar-refractivity contribution in [1.82, 2.24) is 9.97 Å². The van der Waals surface area contributed by atoms with E-state index in [4.69, 9.17) is 5.11 Å². The van der Waals surface area contributed by atoms with E-state index < -0.39 is 0 Å². The van der Waals surface area contributed by atoms with Crippen molar-refractivity contribution in [2.45, 2.75) is 6.42 Å². The van der Waals surface area contributed by atoms with Gasteiger partial charge in [0.15, 0.2) is 0 Å². The molecule has 0 saturated carbocycles. The summed E-state index contributed by atoms with van der Waals surface area (Å²) in [6, 6.07) is 10.1. The molecule has 2 rings (SSSR count). The van der Waals surface area contributed by atoms with Crippen LogP contribution < -0.4 is 4.90 Å². The Kier molecular flexibility index (Phi) is 4.25. The maximum absolute atomic E-state index is 8.79. The molecule has 0 atom stereocenters. The monoisotopic (exact) mass is 243 g/mol. The molecule has 0 saturated heterocycles. The number of hydrogen-bond donors (Lipinski definition) is 1. The Morgan fingerprint density at radius 1 is 1.06 bits per heavy atom. The molecule has 0 aliphatic heterocycles. The first-order valence-electron chi connectivity index (χ1n) is 6.00. The van der Waals surface area contributed by atoms with Crippen LogP contribution in [0.1, 0.15) is 6.42 Å². The summed E-state index contributed by atoms with van der Waals surface area (Å²) in [5.41, 5.74) is 2.12. The highest BCUT2D eigenvalue weighted by molar-refractivity contribution is 5.61. The number of aliphatic hydroxyl groups is 1. The van der Waals surface area contributed by atoms with E-state index in [0.717, 1.165) is 24.1 Å². The average molecular weight is 243 g/mol. The molecule has 4 nitrogen and oxygen atoms in total. The summed E-state index contributed by atoms with van der Waals surface area (Å²) < 4.78 is 0. The van der Waals surface area contributed by atoms with Gasteiger partial charge in [0.25, 0.3) is 0 Å². The third kappa shape index (κ3) is 3.05. The number of nitrogens with zero attached hydrogens (tertiary/aromatic N) is 3. The predicted octanol–water partition coefficient (Wildman–Crippen LogP) is 1.96. The van der Waals surface area contributed by atoms with E-state index in [0.29, 0.717) is 5.95 Å². The lowest BCUT2D eigenvalue weighted by Gasteiger charge is -2.16. The summed E-state index contributed by atoms with van der Waals surface area (Å²) >= 11 is 0.